The zero-order valence-electron chi connectivity index (χ0n) is 15.0. The standard InChI is InChI=1S/C21H16N4O2S/c1-27-14-7-8-15-16(9-14)24-19(23-15)11-25-12-22-17-10-18(28-20(17)21(25)26)13-5-3-2-4-6-13/h2-10,12H,11H2,1H3,(H,23,24). The second-order valence-electron chi connectivity index (χ2n) is 6.44. The molecule has 6 nitrogen and oxygen atoms in total. The molecule has 1 N–H and O–H groups in total. The van der Waals surface area contributed by atoms with Gasteiger partial charge in [0.15, 0.2) is 0 Å². The molecular formula is C21H16N4O2S. The van der Waals surface area contributed by atoms with Crippen LogP contribution in [0.3, 0.4) is 0 Å². The minimum absolute atomic E-state index is 0.0600. The molecule has 0 aliphatic heterocycles. The highest BCUT2D eigenvalue weighted by atomic mass is 32.1. The number of H-pyrrole nitrogens is 1. The number of ether oxygens (including phenoxy) is 1. The smallest absolute Gasteiger partial charge is 0.271 e. The van der Waals surface area contributed by atoms with Crippen molar-refractivity contribution in [2.24, 2.45) is 0 Å². The summed E-state index contributed by atoms with van der Waals surface area (Å²) in [5.41, 5.74) is 3.46. The Morgan fingerprint density at radius 3 is 2.79 bits per heavy atom. The fraction of sp³-hybridized carbons (Fsp3) is 0.0952. The van der Waals surface area contributed by atoms with Gasteiger partial charge in [0.05, 0.1) is 36.5 Å². The third-order valence-electron chi connectivity index (χ3n) is 4.62. The van der Waals surface area contributed by atoms with E-state index in [1.807, 2.05) is 54.6 Å². The molecule has 0 saturated heterocycles. The van der Waals surface area contributed by atoms with Crippen LogP contribution in [0.1, 0.15) is 5.82 Å². The van der Waals surface area contributed by atoms with E-state index in [0.29, 0.717) is 17.1 Å². The Morgan fingerprint density at radius 1 is 1.11 bits per heavy atom. The number of fused-ring (bicyclic) bond motifs is 2. The summed E-state index contributed by atoms with van der Waals surface area (Å²) < 4.78 is 7.48. The van der Waals surface area contributed by atoms with Gasteiger partial charge < -0.3 is 9.72 Å². The van der Waals surface area contributed by atoms with Crippen molar-refractivity contribution in [3.63, 3.8) is 0 Å². The molecular weight excluding hydrogens is 372 g/mol. The van der Waals surface area contributed by atoms with E-state index in [1.54, 1.807) is 18.0 Å². The van der Waals surface area contributed by atoms with E-state index in [2.05, 4.69) is 15.0 Å². The number of aromatic amines is 1. The van der Waals surface area contributed by atoms with Crippen LogP contribution < -0.4 is 10.3 Å². The van der Waals surface area contributed by atoms with E-state index >= 15 is 0 Å². The maximum atomic E-state index is 13.0. The first kappa shape index (κ1) is 16.7. The monoisotopic (exact) mass is 388 g/mol. The maximum absolute atomic E-state index is 13.0. The molecule has 0 aliphatic carbocycles. The van der Waals surface area contributed by atoms with Crippen LogP contribution in [0.2, 0.25) is 0 Å². The summed E-state index contributed by atoms with van der Waals surface area (Å²) in [6.45, 7) is 0.331. The summed E-state index contributed by atoms with van der Waals surface area (Å²) in [7, 11) is 1.63. The Hall–Kier alpha value is -3.45. The molecule has 2 aromatic carbocycles. The molecule has 0 saturated carbocycles. The highest BCUT2D eigenvalue weighted by Crippen LogP contribution is 2.30. The van der Waals surface area contributed by atoms with Gasteiger partial charge in [-0.25, -0.2) is 9.97 Å². The molecule has 0 amide bonds. The summed E-state index contributed by atoms with van der Waals surface area (Å²) in [5, 5.41) is 0. The summed E-state index contributed by atoms with van der Waals surface area (Å²) in [6, 6.07) is 17.6. The number of rotatable bonds is 4. The van der Waals surface area contributed by atoms with Gasteiger partial charge in [0, 0.05) is 10.9 Å². The van der Waals surface area contributed by atoms with E-state index in [0.717, 1.165) is 32.7 Å². The predicted octanol–water partition coefficient (Wildman–Crippen LogP) is 4.06. The third-order valence-corrected chi connectivity index (χ3v) is 5.78. The van der Waals surface area contributed by atoms with Gasteiger partial charge in [-0.05, 0) is 23.8 Å². The van der Waals surface area contributed by atoms with Crippen LogP contribution in [0.5, 0.6) is 5.75 Å². The number of hydrogen-bond donors (Lipinski definition) is 1. The first-order chi connectivity index (χ1) is 13.7. The topological polar surface area (TPSA) is 72.8 Å². The summed E-state index contributed by atoms with van der Waals surface area (Å²) in [5.74, 6) is 1.46. The van der Waals surface area contributed by atoms with Gasteiger partial charge in [0.2, 0.25) is 0 Å². The van der Waals surface area contributed by atoms with Crippen molar-refractivity contribution in [3.8, 4) is 16.2 Å². The zero-order valence-corrected chi connectivity index (χ0v) is 15.9. The Morgan fingerprint density at radius 2 is 1.96 bits per heavy atom. The van der Waals surface area contributed by atoms with Crippen molar-refractivity contribution in [2.45, 2.75) is 6.54 Å². The lowest BCUT2D eigenvalue weighted by Crippen LogP contribution is -2.20. The maximum Gasteiger partial charge on any atom is 0.271 e. The van der Waals surface area contributed by atoms with Gasteiger partial charge in [0.1, 0.15) is 16.3 Å². The highest BCUT2D eigenvalue weighted by Gasteiger charge is 2.12. The van der Waals surface area contributed by atoms with Gasteiger partial charge in [-0.15, -0.1) is 11.3 Å². The molecule has 0 spiro atoms. The minimum Gasteiger partial charge on any atom is -0.497 e. The average Bonchev–Trinajstić information content (AvgIpc) is 3.34. The van der Waals surface area contributed by atoms with E-state index in [-0.39, 0.29) is 5.56 Å². The molecule has 0 fully saturated rings. The number of aromatic nitrogens is 4. The van der Waals surface area contributed by atoms with Crippen molar-refractivity contribution in [2.75, 3.05) is 7.11 Å². The molecule has 0 unspecified atom stereocenters. The van der Waals surface area contributed by atoms with Crippen LogP contribution in [0, 0.1) is 0 Å². The second-order valence-corrected chi connectivity index (χ2v) is 7.49. The first-order valence-electron chi connectivity index (χ1n) is 8.78. The normalized spacial score (nSPS) is 11.3. The first-order valence-corrected chi connectivity index (χ1v) is 9.60. The van der Waals surface area contributed by atoms with Crippen molar-refractivity contribution in [3.05, 3.63) is 77.1 Å². The number of benzene rings is 2. The fourth-order valence-corrected chi connectivity index (χ4v) is 4.27. The molecule has 0 atom stereocenters. The molecule has 3 heterocycles. The Labute approximate surface area is 164 Å². The van der Waals surface area contributed by atoms with Gasteiger partial charge in [-0.1, -0.05) is 30.3 Å². The van der Waals surface area contributed by atoms with Crippen molar-refractivity contribution < 1.29 is 4.74 Å². The molecule has 3 aromatic heterocycles. The Kier molecular flexibility index (Phi) is 3.95. The van der Waals surface area contributed by atoms with E-state index in [4.69, 9.17) is 4.74 Å². The molecule has 0 aliphatic rings. The van der Waals surface area contributed by atoms with Gasteiger partial charge in [0.25, 0.3) is 5.56 Å². The van der Waals surface area contributed by atoms with Gasteiger partial charge in [-0.3, -0.25) is 9.36 Å². The Balaban J connectivity index is 1.52. The van der Waals surface area contributed by atoms with E-state index < -0.39 is 0 Å². The number of nitrogens with one attached hydrogen (secondary N) is 1. The summed E-state index contributed by atoms with van der Waals surface area (Å²) in [4.78, 5) is 26.3. The van der Waals surface area contributed by atoms with Crippen LogP contribution in [-0.2, 0) is 6.54 Å². The number of methoxy groups -OCH3 is 1. The highest BCUT2D eigenvalue weighted by molar-refractivity contribution is 7.22. The number of hydrogen-bond acceptors (Lipinski definition) is 5. The molecule has 138 valence electrons. The number of nitrogens with zero attached hydrogens (tertiary/aromatic N) is 3. The SMILES string of the molecule is COc1ccc2nc(Cn3cnc4cc(-c5ccccc5)sc4c3=O)[nH]c2c1. The van der Waals surface area contributed by atoms with E-state index in [1.165, 1.54) is 11.3 Å². The van der Waals surface area contributed by atoms with Crippen LogP contribution >= 0.6 is 11.3 Å². The van der Waals surface area contributed by atoms with Crippen molar-refractivity contribution in [1.82, 2.24) is 19.5 Å². The zero-order chi connectivity index (χ0) is 19.1. The van der Waals surface area contributed by atoms with Crippen molar-refractivity contribution >= 4 is 32.6 Å². The third kappa shape index (κ3) is 2.86. The molecule has 0 bridgehead atoms. The Bertz CT molecular complexity index is 1350. The quantitative estimate of drug-likeness (QED) is 0.504. The number of imidazole rings is 1. The predicted molar refractivity (Wildman–Crippen MR) is 111 cm³/mol. The largest absolute Gasteiger partial charge is 0.497 e. The lowest BCUT2D eigenvalue weighted by Gasteiger charge is -2.02. The summed E-state index contributed by atoms with van der Waals surface area (Å²) >= 11 is 1.47. The summed E-state index contributed by atoms with van der Waals surface area (Å²) in [6.07, 6.45) is 1.58. The van der Waals surface area contributed by atoms with Crippen LogP contribution in [0.4, 0.5) is 0 Å². The second kappa shape index (κ2) is 6.61. The van der Waals surface area contributed by atoms with Crippen LogP contribution in [0.15, 0.2) is 65.7 Å². The molecule has 5 aromatic rings. The molecule has 5 rings (SSSR count). The lowest BCUT2D eigenvalue weighted by molar-refractivity contribution is 0.415. The van der Waals surface area contributed by atoms with Crippen molar-refractivity contribution in [1.29, 1.82) is 0 Å². The lowest BCUT2D eigenvalue weighted by atomic mass is 10.2. The molecule has 0 radical (unpaired) electrons. The average molecular weight is 388 g/mol. The van der Waals surface area contributed by atoms with Crippen LogP contribution in [-0.4, -0.2) is 26.6 Å². The van der Waals surface area contributed by atoms with Gasteiger partial charge in [-0.2, -0.15) is 0 Å². The van der Waals surface area contributed by atoms with E-state index in [9.17, 15) is 4.79 Å². The number of thiophene rings is 1. The van der Waals surface area contributed by atoms with Gasteiger partial charge >= 0.3 is 0 Å². The fourth-order valence-electron chi connectivity index (χ4n) is 3.21. The molecule has 7 heteroatoms. The van der Waals surface area contributed by atoms with Crippen LogP contribution in [0.25, 0.3) is 31.7 Å². The minimum atomic E-state index is -0.0600. The molecule has 28 heavy (non-hydrogen) atoms.